The molecule has 0 heterocycles. The van der Waals surface area contributed by atoms with Gasteiger partial charge in [-0.2, -0.15) is 0 Å². The summed E-state index contributed by atoms with van der Waals surface area (Å²) < 4.78 is 13.0. The normalized spacial score (nSPS) is 18.2. The van der Waals surface area contributed by atoms with Gasteiger partial charge in [-0.3, -0.25) is 0 Å². The second-order valence-electron chi connectivity index (χ2n) is 19.0. The van der Waals surface area contributed by atoms with Crippen molar-refractivity contribution in [2.75, 3.05) is 11.5 Å². The summed E-state index contributed by atoms with van der Waals surface area (Å²) in [5.41, 5.74) is 20.9. The number of ether oxygens (including phenoxy) is 2. The van der Waals surface area contributed by atoms with Crippen molar-refractivity contribution in [3.05, 3.63) is 106 Å². The van der Waals surface area contributed by atoms with Crippen molar-refractivity contribution in [2.24, 2.45) is 17.8 Å². The van der Waals surface area contributed by atoms with Gasteiger partial charge in [-0.15, -0.1) is 0 Å². The van der Waals surface area contributed by atoms with Crippen LogP contribution in [-0.2, 0) is 5.41 Å². The molecule has 0 atom stereocenters. The highest BCUT2D eigenvalue weighted by atomic mass is 16.5. The Morgan fingerprint density at radius 1 is 0.475 bits per heavy atom. The number of rotatable bonds is 21. The third-order valence-electron chi connectivity index (χ3n) is 14.4. The van der Waals surface area contributed by atoms with Crippen molar-refractivity contribution in [1.29, 1.82) is 0 Å². The SMILES string of the molecule is CCCCCCCCCCCCCCC[C@H]1CC[C@H](C2CCC(c3cc(C)c(Oc4ccc(N)cc4)c(C)c3)(c3cc(C)c(Oc4ccc(N)cc4)c(C)c3)CC2)CC1. The molecule has 4 aromatic carbocycles. The van der Waals surface area contributed by atoms with Crippen LogP contribution in [0, 0.1) is 45.4 Å². The highest BCUT2D eigenvalue weighted by Crippen LogP contribution is 2.52. The van der Waals surface area contributed by atoms with Gasteiger partial charge in [0.15, 0.2) is 0 Å². The van der Waals surface area contributed by atoms with Crippen molar-refractivity contribution in [3.63, 3.8) is 0 Å². The van der Waals surface area contributed by atoms with E-state index >= 15 is 0 Å². The van der Waals surface area contributed by atoms with Crippen LogP contribution in [0.1, 0.15) is 182 Å². The van der Waals surface area contributed by atoms with Crippen LogP contribution in [0.25, 0.3) is 0 Å². The molecule has 0 amide bonds. The number of nitrogen functional groups attached to an aromatic ring is 2. The van der Waals surface area contributed by atoms with Crippen molar-refractivity contribution in [2.45, 2.75) is 181 Å². The quantitative estimate of drug-likeness (QED) is 0.0651. The molecule has 2 aliphatic carbocycles. The molecule has 0 bridgehead atoms. The first-order chi connectivity index (χ1) is 28.6. The molecular formula is C55H78N2O2. The molecule has 0 spiro atoms. The van der Waals surface area contributed by atoms with E-state index in [0.717, 1.165) is 52.1 Å². The summed E-state index contributed by atoms with van der Waals surface area (Å²) in [6, 6.07) is 25.1. The Morgan fingerprint density at radius 3 is 1.22 bits per heavy atom. The summed E-state index contributed by atoms with van der Waals surface area (Å²) in [4.78, 5) is 0. The second kappa shape index (κ2) is 22.1. The number of benzene rings is 4. The summed E-state index contributed by atoms with van der Waals surface area (Å²) in [7, 11) is 0. The van der Waals surface area contributed by atoms with Gasteiger partial charge in [-0.1, -0.05) is 134 Å². The lowest BCUT2D eigenvalue weighted by atomic mass is 9.59. The highest BCUT2D eigenvalue weighted by molar-refractivity contribution is 5.55. The second-order valence-corrected chi connectivity index (χ2v) is 19.0. The molecule has 0 saturated heterocycles. The zero-order chi connectivity index (χ0) is 41.6. The van der Waals surface area contributed by atoms with Crippen LogP contribution in [0.4, 0.5) is 11.4 Å². The monoisotopic (exact) mass is 799 g/mol. The lowest BCUT2D eigenvalue weighted by Gasteiger charge is -2.45. The molecule has 0 radical (unpaired) electrons. The first kappa shape index (κ1) is 44.6. The average Bonchev–Trinajstić information content (AvgIpc) is 3.24. The van der Waals surface area contributed by atoms with Gasteiger partial charge in [0.1, 0.15) is 23.0 Å². The van der Waals surface area contributed by atoms with E-state index in [0.29, 0.717) is 0 Å². The van der Waals surface area contributed by atoms with Gasteiger partial charge in [0.2, 0.25) is 0 Å². The lowest BCUT2D eigenvalue weighted by Crippen LogP contribution is -2.36. The standard InChI is InChI=1S/C55H78N2O2/c1-6-7-8-9-10-11-12-13-14-15-16-17-18-19-44-20-22-45(23-21-44)46-32-34-55(35-33-46,47-36-40(2)53(41(3)37-47)58-51-28-24-49(56)25-29-51)48-38-42(4)54(43(5)39-48)59-52-30-26-50(57)27-31-52/h24-31,36-39,44-46H,6-23,32-35,56-57H2,1-5H3/t44-,45-. The van der Waals surface area contributed by atoms with Crippen LogP contribution < -0.4 is 20.9 Å². The van der Waals surface area contributed by atoms with E-state index < -0.39 is 0 Å². The van der Waals surface area contributed by atoms with Crippen molar-refractivity contribution < 1.29 is 9.47 Å². The third-order valence-corrected chi connectivity index (χ3v) is 14.4. The Hall–Kier alpha value is -3.92. The number of anilines is 2. The van der Waals surface area contributed by atoms with Crippen LogP contribution >= 0.6 is 0 Å². The molecule has 6 rings (SSSR count). The number of unbranched alkanes of at least 4 members (excludes halogenated alkanes) is 12. The van der Waals surface area contributed by atoms with Crippen LogP contribution in [0.2, 0.25) is 0 Å². The maximum Gasteiger partial charge on any atom is 0.133 e. The van der Waals surface area contributed by atoms with Gasteiger partial charge in [0, 0.05) is 16.8 Å². The van der Waals surface area contributed by atoms with E-state index in [4.69, 9.17) is 20.9 Å². The molecule has 59 heavy (non-hydrogen) atoms. The zero-order valence-corrected chi connectivity index (χ0v) is 37.7. The third kappa shape index (κ3) is 12.3. The van der Waals surface area contributed by atoms with E-state index in [1.165, 1.54) is 175 Å². The summed E-state index contributed by atoms with van der Waals surface area (Å²) in [6.07, 6.45) is 30.9. The molecule has 4 aromatic rings. The van der Waals surface area contributed by atoms with Gasteiger partial charge in [0.25, 0.3) is 0 Å². The molecule has 2 saturated carbocycles. The van der Waals surface area contributed by atoms with Gasteiger partial charge in [-0.25, -0.2) is 0 Å². The van der Waals surface area contributed by atoms with Crippen LogP contribution in [0.5, 0.6) is 23.0 Å². The van der Waals surface area contributed by atoms with Crippen LogP contribution in [0.15, 0.2) is 72.8 Å². The van der Waals surface area contributed by atoms with Crippen molar-refractivity contribution in [1.82, 2.24) is 0 Å². The molecule has 0 aliphatic heterocycles. The zero-order valence-electron chi connectivity index (χ0n) is 37.7. The Balaban J connectivity index is 1.07. The molecule has 320 valence electrons. The minimum absolute atomic E-state index is 0.0631. The number of nitrogens with two attached hydrogens (primary N) is 2. The summed E-state index contributed by atoms with van der Waals surface area (Å²) in [5.74, 6) is 6.18. The van der Waals surface area contributed by atoms with E-state index in [1.807, 2.05) is 48.5 Å². The Bertz CT molecular complexity index is 1710. The fourth-order valence-electron chi connectivity index (χ4n) is 10.8. The topological polar surface area (TPSA) is 70.5 Å². The summed E-state index contributed by atoms with van der Waals surface area (Å²) >= 11 is 0. The van der Waals surface area contributed by atoms with Gasteiger partial charge in [-0.05, 0) is 166 Å². The van der Waals surface area contributed by atoms with Crippen LogP contribution in [0.3, 0.4) is 0 Å². The van der Waals surface area contributed by atoms with Crippen LogP contribution in [-0.4, -0.2) is 0 Å². The predicted molar refractivity (Wildman–Crippen MR) is 252 cm³/mol. The van der Waals surface area contributed by atoms with Crippen molar-refractivity contribution in [3.8, 4) is 23.0 Å². The molecule has 4 heteroatoms. The van der Waals surface area contributed by atoms with E-state index in [9.17, 15) is 0 Å². The van der Waals surface area contributed by atoms with Gasteiger partial charge < -0.3 is 20.9 Å². The maximum atomic E-state index is 6.49. The molecule has 4 N–H and O–H groups in total. The molecule has 2 fully saturated rings. The molecule has 2 aliphatic rings. The first-order valence-electron chi connectivity index (χ1n) is 24.0. The number of aryl methyl sites for hydroxylation is 4. The minimum atomic E-state index is -0.0631. The Labute approximate surface area is 359 Å². The van der Waals surface area contributed by atoms with Crippen molar-refractivity contribution >= 4 is 11.4 Å². The largest absolute Gasteiger partial charge is 0.457 e. The maximum absolute atomic E-state index is 6.49. The molecular weight excluding hydrogens is 721 g/mol. The smallest absolute Gasteiger partial charge is 0.133 e. The average molecular weight is 799 g/mol. The molecule has 0 unspecified atom stereocenters. The Kier molecular flexibility index (Phi) is 16.7. The minimum Gasteiger partial charge on any atom is -0.457 e. The number of hydrogen-bond donors (Lipinski definition) is 2. The van der Waals surface area contributed by atoms with Gasteiger partial charge >= 0.3 is 0 Å². The summed E-state index contributed by atoms with van der Waals surface area (Å²) in [6.45, 7) is 11.1. The fourth-order valence-corrected chi connectivity index (χ4v) is 10.8. The molecule has 4 nitrogen and oxygen atoms in total. The van der Waals surface area contributed by atoms with Gasteiger partial charge in [0.05, 0.1) is 0 Å². The van der Waals surface area contributed by atoms with E-state index in [-0.39, 0.29) is 5.41 Å². The number of hydrogen-bond acceptors (Lipinski definition) is 4. The highest BCUT2D eigenvalue weighted by Gasteiger charge is 2.42. The fraction of sp³-hybridized carbons (Fsp3) is 0.564. The van der Waals surface area contributed by atoms with E-state index in [2.05, 4.69) is 58.9 Å². The Morgan fingerprint density at radius 2 is 0.831 bits per heavy atom. The predicted octanol–water partition coefficient (Wildman–Crippen LogP) is 16.4. The first-order valence-corrected chi connectivity index (χ1v) is 24.0. The van der Waals surface area contributed by atoms with E-state index in [1.54, 1.807) is 0 Å². The summed E-state index contributed by atoms with van der Waals surface area (Å²) in [5, 5.41) is 0. The lowest BCUT2D eigenvalue weighted by molar-refractivity contribution is 0.140. The molecule has 0 aromatic heterocycles.